The van der Waals surface area contributed by atoms with E-state index in [-0.39, 0.29) is 0 Å². The highest BCUT2D eigenvalue weighted by Crippen LogP contribution is 2.68. The zero-order valence-corrected chi connectivity index (χ0v) is 22.9. The average Bonchev–Trinajstić information content (AvgIpc) is 3.00. The Hall–Kier alpha value is 0.960. The Morgan fingerprint density at radius 1 is 0.828 bits per heavy atom. The molecule has 0 radical (unpaired) electrons. The fourth-order valence-electron chi connectivity index (χ4n) is 9.23. The minimum Gasteiger partial charge on any atom is -0.0878 e. The maximum absolute atomic E-state index is 4.05. The van der Waals surface area contributed by atoms with Crippen molar-refractivity contribution in [1.82, 2.24) is 0 Å². The molecular formula is C27H46Br2. The van der Waals surface area contributed by atoms with Crippen molar-refractivity contribution in [3.05, 3.63) is 0 Å². The summed E-state index contributed by atoms with van der Waals surface area (Å²) in [4.78, 5) is 1.36. The summed E-state index contributed by atoms with van der Waals surface area (Å²) in [6, 6.07) is 0. The zero-order chi connectivity index (χ0) is 21.0. The van der Waals surface area contributed by atoms with Crippen molar-refractivity contribution >= 4 is 31.9 Å². The first-order valence-corrected chi connectivity index (χ1v) is 14.8. The summed E-state index contributed by atoms with van der Waals surface area (Å²) in [5.74, 6) is 6.79. The summed E-state index contributed by atoms with van der Waals surface area (Å²) >= 11 is 8.04. The van der Waals surface area contributed by atoms with Crippen molar-refractivity contribution in [2.45, 2.75) is 115 Å². The van der Waals surface area contributed by atoms with Gasteiger partial charge in [0.1, 0.15) is 0 Å². The smallest absolute Gasteiger partial charge is 0.0276 e. The zero-order valence-electron chi connectivity index (χ0n) is 19.7. The van der Waals surface area contributed by atoms with Crippen LogP contribution in [0.2, 0.25) is 0 Å². The van der Waals surface area contributed by atoms with Crippen LogP contribution in [0.1, 0.15) is 105 Å². The monoisotopic (exact) mass is 528 g/mol. The fraction of sp³-hybridized carbons (Fsp3) is 1.00. The number of fused-ring (bicyclic) bond motifs is 5. The molecule has 4 aliphatic carbocycles. The standard InChI is InChI=1S/C27H46Br2/c1-17(2)7-6-8-18(3)21-11-12-22-20-10-9-19-15-24(28)25(29)16-27(19,5)23(20)13-14-26(21,22)4/h17-25H,6-16H2,1-5H3/t18-,19+,20+,21-,22+,23+,24+,25+,26-,27+/m1/s1. The van der Waals surface area contributed by atoms with Gasteiger partial charge in [0.2, 0.25) is 0 Å². The molecule has 0 aromatic rings. The first kappa shape index (κ1) is 23.1. The Labute approximate surface area is 198 Å². The number of hydrogen-bond donors (Lipinski definition) is 0. The predicted molar refractivity (Wildman–Crippen MR) is 134 cm³/mol. The van der Waals surface area contributed by atoms with E-state index >= 15 is 0 Å². The number of hydrogen-bond acceptors (Lipinski definition) is 0. The first-order valence-electron chi connectivity index (χ1n) is 12.9. The van der Waals surface area contributed by atoms with Crippen LogP contribution in [0.15, 0.2) is 0 Å². The van der Waals surface area contributed by atoms with Crippen LogP contribution in [-0.4, -0.2) is 9.65 Å². The molecule has 0 saturated heterocycles. The van der Waals surface area contributed by atoms with E-state index in [0.717, 1.165) is 41.4 Å². The molecule has 0 amide bonds. The van der Waals surface area contributed by atoms with Gasteiger partial charge in [0, 0.05) is 9.65 Å². The molecule has 4 rings (SSSR count). The molecule has 2 heteroatoms. The molecule has 0 aromatic heterocycles. The van der Waals surface area contributed by atoms with Gasteiger partial charge in [-0.1, -0.05) is 85.7 Å². The van der Waals surface area contributed by atoms with E-state index in [1.165, 1.54) is 70.6 Å². The molecule has 168 valence electrons. The normalized spacial score (nSPS) is 50.7. The topological polar surface area (TPSA) is 0 Å². The molecule has 10 atom stereocenters. The highest BCUT2D eigenvalue weighted by atomic mass is 79.9. The minimum absolute atomic E-state index is 0.587. The maximum Gasteiger partial charge on any atom is 0.0276 e. The van der Waals surface area contributed by atoms with Crippen LogP contribution in [-0.2, 0) is 0 Å². The molecule has 0 aliphatic heterocycles. The van der Waals surface area contributed by atoms with Gasteiger partial charge < -0.3 is 0 Å². The van der Waals surface area contributed by atoms with Crippen molar-refractivity contribution in [3.63, 3.8) is 0 Å². The molecule has 4 aliphatic rings. The fourth-order valence-corrected chi connectivity index (χ4v) is 10.8. The second kappa shape index (κ2) is 8.72. The predicted octanol–water partition coefficient (Wildman–Crippen LogP) is 9.24. The molecule has 0 bridgehead atoms. The van der Waals surface area contributed by atoms with E-state index in [1.54, 1.807) is 0 Å². The number of halogens is 2. The van der Waals surface area contributed by atoms with E-state index in [0.29, 0.717) is 20.5 Å². The van der Waals surface area contributed by atoms with Gasteiger partial charge in [0.25, 0.3) is 0 Å². The maximum atomic E-state index is 4.05. The summed E-state index contributed by atoms with van der Waals surface area (Å²) in [5.41, 5.74) is 1.23. The van der Waals surface area contributed by atoms with Crippen LogP contribution in [0.3, 0.4) is 0 Å². The highest BCUT2D eigenvalue weighted by molar-refractivity contribution is 9.12. The van der Waals surface area contributed by atoms with Crippen molar-refractivity contribution < 1.29 is 0 Å². The van der Waals surface area contributed by atoms with Gasteiger partial charge in [-0.2, -0.15) is 0 Å². The summed E-state index contributed by atoms with van der Waals surface area (Å²) < 4.78 is 0. The molecule has 0 spiro atoms. The third kappa shape index (κ3) is 4.06. The van der Waals surface area contributed by atoms with Gasteiger partial charge in [0.15, 0.2) is 0 Å². The molecular weight excluding hydrogens is 484 g/mol. The lowest BCUT2D eigenvalue weighted by atomic mass is 9.44. The molecule has 0 heterocycles. The van der Waals surface area contributed by atoms with Gasteiger partial charge in [-0.25, -0.2) is 0 Å². The lowest BCUT2D eigenvalue weighted by Crippen LogP contribution is -2.55. The summed E-state index contributed by atoms with van der Waals surface area (Å²) in [7, 11) is 0. The van der Waals surface area contributed by atoms with E-state index in [1.807, 2.05) is 0 Å². The van der Waals surface area contributed by atoms with Gasteiger partial charge in [0.05, 0.1) is 0 Å². The van der Waals surface area contributed by atoms with Crippen molar-refractivity contribution in [2.75, 3.05) is 0 Å². The molecule has 0 aromatic carbocycles. The van der Waals surface area contributed by atoms with Crippen LogP contribution in [0, 0.1) is 52.3 Å². The quantitative estimate of drug-likeness (QED) is 0.311. The van der Waals surface area contributed by atoms with Crippen molar-refractivity contribution in [1.29, 1.82) is 0 Å². The van der Waals surface area contributed by atoms with E-state index in [9.17, 15) is 0 Å². The Morgan fingerprint density at radius 2 is 1.55 bits per heavy atom. The minimum atomic E-state index is 0.587. The van der Waals surface area contributed by atoms with Crippen LogP contribution in [0.5, 0.6) is 0 Å². The highest BCUT2D eigenvalue weighted by Gasteiger charge is 2.61. The van der Waals surface area contributed by atoms with Gasteiger partial charge in [-0.15, -0.1) is 0 Å². The van der Waals surface area contributed by atoms with Crippen LogP contribution in [0.4, 0.5) is 0 Å². The van der Waals surface area contributed by atoms with Crippen LogP contribution in [0.25, 0.3) is 0 Å². The second-order valence-electron chi connectivity index (χ2n) is 12.7. The largest absolute Gasteiger partial charge is 0.0878 e. The van der Waals surface area contributed by atoms with Gasteiger partial charge in [-0.3, -0.25) is 0 Å². The molecule has 0 unspecified atom stereocenters. The molecule has 0 nitrogen and oxygen atoms in total. The molecule has 4 saturated carbocycles. The lowest BCUT2D eigenvalue weighted by molar-refractivity contribution is -0.112. The van der Waals surface area contributed by atoms with E-state index < -0.39 is 0 Å². The second-order valence-corrected chi connectivity index (χ2v) is 15.0. The Kier molecular flexibility index (Phi) is 6.95. The van der Waals surface area contributed by atoms with Gasteiger partial charge >= 0.3 is 0 Å². The SMILES string of the molecule is CC(C)CCC[C@@H](C)[C@H]1CC[C@H]2[C@@H]3CC[C@H]4C[C@H](Br)[C@@H](Br)C[C@]4(C)[C@H]3CC[C@]12C. The van der Waals surface area contributed by atoms with Crippen LogP contribution < -0.4 is 0 Å². The van der Waals surface area contributed by atoms with E-state index in [4.69, 9.17) is 0 Å². The molecule has 4 fully saturated rings. The Morgan fingerprint density at radius 3 is 2.28 bits per heavy atom. The average molecular weight is 530 g/mol. The third-order valence-electron chi connectivity index (χ3n) is 10.8. The van der Waals surface area contributed by atoms with E-state index in [2.05, 4.69) is 66.5 Å². The Bertz CT molecular complexity index is 573. The van der Waals surface area contributed by atoms with Gasteiger partial charge in [-0.05, 0) is 104 Å². The van der Waals surface area contributed by atoms with Crippen molar-refractivity contribution in [2.24, 2.45) is 52.3 Å². The summed E-state index contributed by atoms with van der Waals surface area (Å²) in [6.45, 7) is 12.8. The molecule has 0 N–H and O–H groups in total. The number of alkyl halides is 2. The van der Waals surface area contributed by atoms with Crippen LogP contribution >= 0.6 is 31.9 Å². The molecule has 29 heavy (non-hydrogen) atoms. The summed E-state index contributed by atoms with van der Waals surface area (Å²) in [5, 5.41) is 0. The third-order valence-corrected chi connectivity index (χ3v) is 13.5. The number of rotatable bonds is 5. The first-order chi connectivity index (χ1) is 13.7. The lowest BCUT2D eigenvalue weighted by Gasteiger charge is -2.62. The Balaban J connectivity index is 1.47. The van der Waals surface area contributed by atoms with Crippen molar-refractivity contribution in [3.8, 4) is 0 Å². The summed E-state index contributed by atoms with van der Waals surface area (Å²) in [6.07, 6.45) is 16.3.